The zero-order valence-electron chi connectivity index (χ0n) is 15.3. The molecule has 1 rings (SSSR count). The summed E-state index contributed by atoms with van der Waals surface area (Å²) in [5.74, 6) is 2.19. The van der Waals surface area contributed by atoms with Gasteiger partial charge >= 0.3 is 0 Å². The molecule has 0 aliphatic heterocycles. The van der Waals surface area contributed by atoms with Crippen LogP contribution in [0.5, 0.6) is 5.75 Å². The molecule has 0 radical (unpaired) electrons. The van der Waals surface area contributed by atoms with E-state index in [2.05, 4.69) is 41.6 Å². The van der Waals surface area contributed by atoms with Crippen LogP contribution in [0.2, 0.25) is 0 Å². The highest BCUT2D eigenvalue weighted by atomic mass is 16.5. The maximum absolute atomic E-state index is 9.15. The lowest BCUT2D eigenvalue weighted by atomic mass is 10.0. The summed E-state index contributed by atoms with van der Waals surface area (Å²) >= 11 is 0. The first kappa shape index (κ1) is 20.3. The van der Waals surface area contributed by atoms with Crippen molar-refractivity contribution in [2.75, 3.05) is 33.4 Å². The lowest BCUT2D eigenvalue weighted by Crippen LogP contribution is -2.38. The molecule has 136 valence electrons. The van der Waals surface area contributed by atoms with Gasteiger partial charge < -0.3 is 20.5 Å². The zero-order valence-corrected chi connectivity index (χ0v) is 15.3. The third-order valence-corrected chi connectivity index (χ3v) is 3.93. The van der Waals surface area contributed by atoms with Crippen LogP contribution in [0, 0.1) is 5.92 Å². The summed E-state index contributed by atoms with van der Waals surface area (Å²) in [6, 6.07) is 8.13. The molecule has 0 spiro atoms. The van der Waals surface area contributed by atoms with Gasteiger partial charge in [0, 0.05) is 26.2 Å². The number of benzene rings is 1. The smallest absolute Gasteiger partial charge is 0.191 e. The molecule has 1 atom stereocenters. The number of rotatable bonds is 11. The number of aliphatic hydroxyl groups excluding tert-OH is 1. The lowest BCUT2D eigenvalue weighted by Gasteiger charge is -2.15. The lowest BCUT2D eigenvalue weighted by molar-refractivity contribution is 0.253. The number of aliphatic imine (C=N–C) groups is 1. The Bertz CT molecular complexity index is 471. The van der Waals surface area contributed by atoms with E-state index in [0.717, 1.165) is 57.0 Å². The fraction of sp³-hybridized carbons (Fsp3) is 0.632. The van der Waals surface area contributed by atoms with Crippen LogP contribution >= 0.6 is 0 Å². The summed E-state index contributed by atoms with van der Waals surface area (Å²) in [7, 11) is 1.69. The fourth-order valence-electron chi connectivity index (χ4n) is 2.63. The van der Waals surface area contributed by atoms with Crippen molar-refractivity contribution in [3.63, 3.8) is 0 Å². The number of hydrogen-bond donors (Lipinski definition) is 3. The molecule has 0 aliphatic rings. The number of nitrogens with zero attached hydrogens (tertiary/aromatic N) is 1. The molecule has 0 saturated heterocycles. The molecule has 5 heteroatoms. The van der Waals surface area contributed by atoms with E-state index in [0.29, 0.717) is 5.92 Å². The Kier molecular flexibility index (Phi) is 10.7. The maximum Gasteiger partial charge on any atom is 0.191 e. The number of methoxy groups -OCH3 is 1. The molecule has 24 heavy (non-hydrogen) atoms. The minimum Gasteiger partial charge on any atom is -0.497 e. The van der Waals surface area contributed by atoms with E-state index >= 15 is 0 Å². The highest BCUT2D eigenvalue weighted by molar-refractivity contribution is 5.79. The van der Waals surface area contributed by atoms with E-state index in [1.165, 1.54) is 5.56 Å². The summed E-state index contributed by atoms with van der Waals surface area (Å²) in [6.07, 6.45) is 3.96. The molecule has 0 aromatic heterocycles. The molecular weight excluding hydrogens is 302 g/mol. The van der Waals surface area contributed by atoms with Gasteiger partial charge in [0.05, 0.1) is 7.11 Å². The van der Waals surface area contributed by atoms with Crippen LogP contribution in [0.1, 0.15) is 38.7 Å². The number of hydrogen-bond acceptors (Lipinski definition) is 3. The molecule has 0 amide bonds. The van der Waals surface area contributed by atoms with Crippen LogP contribution in [-0.4, -0.2) is 44.4 Å². The number of nitrogens with one attached hydrogen (secondary N) is 2. The predicted octanol–water partition coefficient (Wildman–Crippen LogP) is 2.59. The van der Waals surface area contributed by atoms with Crippen LogP contribution in [0.25, 0.3) is 0 Å². The van der Waals surface area contributed by atoms with Gasteiger partial charge in [-0.05, 0) is 49.8 Å². The molecule has 0 saturated carbocycles. The molecule has 3 N–H and O–H groups in total. The highest BCUT2D eigenvalue weighted by Gasteiger charge is 2.07. The molecule has 0 aliphatic carbocycles. The van der Waals surface area contributed by atoms with Gasteiger partial charge in [-0.3, -0.25) is 4.99 Å². The van der Waals surface area contributed by atoms with E-state index in [9.17, 15) is 0 Å². The van der Waals surface area contributed by atoms with Crippen molar-refractivity contribution in [1.29, 1.82) is 0 Å². The average Bonchev–Trinajstić information content (AvgIpc) is 2.60. The van der Waals surface area contributed by atoms with Crippen molar-refractivity contribution < 1.29 is 9.84 Å². The van der Waals surface area contributed by atoms with Crippen molar-refractivity contribution in [3.8, 4) is 5.75 Å². The van der Waals surface area contributed by atoms with E-state index in [1.54, 1.807) is 7.11 Å². The predicted molar refractivity (Wildman–Crippen MR) is 101 cm³/mol. The first-order valence-electron chi connectivity index (χ1n) is 8.99. The molecule has 0 heterocycles. The summed E-state index contributed by atoms with van der Waals surface area (Å²) in [5.41, 5.74) is 1.24. The minimum absolute atomic E-state index is 0.236. The Morgan fingerprint density at radius 2 is 2.08 bits per heavy atom. The number of aliphatic hydroxyl groups is 1. The first-order valence-corrected chi connectivity index (χ1v) is 8.99. The molecule has 0 fully saturated rings. The normalized spacial score (nSPS) is 12.8. The summed E-state index contributed by atoms with van der Waals surface area (Å²) in [5, 5.41) is 15.8. The van der Waals surface area contributed by atoms with E-state index in [1.807, 2.05) is 12.1 Å². The first-order chi connectivity index (χ1) is 11.7. The second kappa shape index (κ2) is 12.6. The van der Waals surface area contributed by atoms with Gasteiger partial charge in [-0.2, -0.15) is 0 Å². The Morgan fingerprint density at radius 1 is 1.25 bits per heavy atom. The van der Waals surface area contributed by atoms with Crippen LogP contribution < -0.4 is 15.4 Å². The van der Waals surface area contributed by atoms with Crippen LogP contribution in [0.3, 0.4) is 0 Å². The van der Waals surface area contributed by atoms with Gasteiger partial charge in [0.15, 0.2) is 5.96 Å². The largest absolute Gasteiger partial charge is 0.497 e. The van der Waals surface area contributed by atoms with Gasteiger partial charge in [-0.1, -0.05) is 25.5 Å². The maximum atomic E-state index is 9.15. The Labute approximate surface area is 146 Å². The van der Waals surface area contributed by atoms with E-state index < -0.39 is 0 Å². The molecular formula is C19H33N3O2. The SMILES string of the molecule is CCCC(CCO)CN=C(NCC)NCCc1cccc(OC)c1. The van der Waals surface area contributed by atoms with Gasteiger partial charge in [-0.15, -0.1) is 0 Å². The van der Waals surface area contributed by atoms with Gasteiger partial charge in [0.25, 0.3) is 0 Å². The average molecular weight is 335 g/mol. The van der Waals surface area contributed by atoms with Crippen LogP contribution in [-0.2, 0) is 6.42 Å². The third kappa shape index (κ3) is 8.20. The van der Waals surface area contributed by atoms with Gasteiger partial charge in [0.2, 0.25) is 0 Å². The zero-order chi connectivity index (χ0) is 17.6. The van der Waals surface area contributed by atoms with Crippen molar-refractivity contribution >= 4 is 5.96 Å². The molecule has 1 aromatic rings. The third-order valence-electron chi connectivity index (χ3n) is 3.93. The quantitative estimate of drug-likeness (QED) is 0.430. The summed E-state index contributed by atoms with van der Waals surface area (Å²) in [4.78, 5) is 4.67. The van der Waals surface area contributed by atoms with Gasteiger partial charge in [-0.25, -0.2) is 0 Å². The van der Waals surface area contributed by atoms with Crippen molar-refractivity contribution in [2.24, 2.45) is 10.9 Å². The van der Waals surface area contributed by atoms with Crippen molar-refractivity contribution in [2.45, 2.75) is 39.5 Å². The monoisotopic (exact) mass is 335 g/mol. The van der Waals surface area contributed by atoms with Gasteiger partial charge in [0.1, 0.15) is 5.75 Å². The molecule has 1 unspecified atom stereocenters. The van der Waals surface area contributed by atoms with Crippen LogP contribution in [0.4, 0.5) is 0 Å². The molecule has 1 aromatic carbocycles. The minimum atomic E-state index is 0.236. The second-order valence-electron chi connectivity index (χ2n) is 5.91. The van der Waals surface area contributed by atoms with Crippen molar-refractivity contribution in [3.05, 3.63) is 29.8 Å². The van der Waals surface area contributed by atoms with E-state index in [4.69, 9.17) is 9.84 Å². The topological polar surface area (TPSA) is 65.9 Å². The van der Waals surface area contributed by atoms with Crippen molar-refractivity contribution in [1.82, 2.24) is 10.6 Å². The highest BCUT2D eigenvalue weighted by Crippen LogP contribution is 2.13. The summed E-state index contributed by atoms with van der Waals surface area (Å²) in [6.45, 7) is 6.88. The summed E-state index contributed by atoms with van der Waals surface area (Å²) < 4.78 is 5.25. The molecule has 0 bridgehead atoms. The second-order valence-corrected chi connectivity index (χ2v) is 5.91. The Morgan fingerprint density at radius 3 is 2.75 bits per heavy atom. The Balaban J connectivity index is 2.50. The standard InChI is InChI=1S/C19H33N3O2/c1-4-7-17(11-13-23)15-22-19(20-5-2)21-12-10-16-8-6-9-18(14-16)24-3/h6,8-9,14,17,23H,4-5,7,10-13,15H2,1-3H3,(H2,20,21,22). The van der Waals surface area contributed by atoms with E-state index in [-0.39, 0.29) is 6.61 Å². The molecule has 5 nitrogen and oxygen atoms in total. The number of guanidine groups is 1. The number of ether oxygens (including phenoxy) is 1. The Hall–Kier alpha value is -1.75. The fourth-order valence-corrected chi connectivity index (χ4v) is 2.63. The van der Waals surface area contributed by atoms with Crippen LogP contribution in [0.15, 0.2) is 29.3 Å².